The van der Waals surface area contributed by atoms with Gasteiger partial charge in [0, 0.05) is 24.8 Å². The van der Waals surface area contributed by atoms with Gasteiger partial charge in [0.2, 0.25) is 0 Å². The van der Waals surface area contributed by atoms with Crippen LogP contribution in [0.25, 0.3) is 0 Å². The third-order valence-electron chi connectivity index (χ3n) is 4.64. The van der Waals surface area contributed by atoms with Crippen LogP contribution >= 0.6 is 0 Å². The minimum atomic E-state index is 0.446. The summed E-state index contributed by atoms with van der Waals surface area (Å²) in [6.07, 6.45) is 8.09. The first-order chi connectivity index (χ1) is 9.54. The molecule has 0 saturated heterocycles. The molecule has 3 nitrogen and oxygen atoms in total. The molecule has 3 heteroatoms. The molecule has 1 aliphatic carbocycles. The molecule has 0 unspecified atom stereocenters. The van der Waals surface area contributed by atoms with Crippen LogP contribution in [0.2, 0.25) is 0 Å². The van der Waals surface area contributed by atoms with E-state index in [1.54, 1.807) is 0 Å². The van der Waals surface area contributed by atoms with Crippen molar-refractivity contribution in [2.24, 2.45) is 5.41 Å². The van der Waals surface area contributed by atoms with E-state index in [1.807, 2.05) is 0 Å². The van der Waals surface area contributed by atoms with Crippen molar-refractivity contribution in [3.8, 4) is 0 Å². The Morgan fingerprint density at radius 2 is 2.00 bits per heavy atom. The van der Waals surface area contributed by atoms with Crippen molar-refractivity contribution in [3.05, 3.63) is 17.5 Å². The van der Waals surface area contributed by atoms with Crippen molar-refractivity contribution >= 4 is 0 Å². The standard InChI is InChI=1S/C17H31N3/c1-5-20-16(11-15(4)19-20)12-17(13-18-14(2)3)9-7-6-8-10-17/h11,14,18H,5-10,12-13H2,1-4H3. The van der Waals surface area contributed by atoms with Crippen LogP contribution in [0.3, 0.4) is 0 Å². The minimum Gasteiger partial charge on any atom is -0.314 e. The predicted molar refractivity (Wildman–Crippen MR) is 85.0 cm³/mol. The molecule has 2 rings (SSSR count). The monoisotopic (exact) mass is 277 g/mol. The fraction of sp³-hybridized carbons (Fsp3) is 0.824. The van der Waals surface area contributed by atoms with Crippen LogP contribution in [0.1, 0.15) is 64.3 Å². The first-order valence-electron chi connectivity index (χ1n) is 8.31. The van der Waals surface area contributed by atoms with E-state index in [1.165, 1.54) is 44.2 Å². The minimum absolute atomic E-state index is 0.446. The second-order valence-corrected chi connectivity index (χ2v) is 6.87. The summed E-state index contributed by atoms with van der Waals surface area (Å²) in [5, 5.41) is 8.31. The van der Waals surface area contributed by atoms with Crippen LogP contribution in [-0.4, -0.2) is 22.4 Å². The average molecular weight is 277 g/mol. The number of aromatic nitrogens is 2. The molecular formula is C17H31N3. The van der Waals surface area contributed by atoms with Gasteiger partial charge in [-0.15, -0.1) is 0 Å². The maximum Gasteiger partial charge on any atom is 0.0596 e. The largest absolute Gasteiger partial charge is 0.314 e. The number of hydrogen-bond donors (Lipinski definition) is 1. The van der Waals surface area contributed by atoms with Gasteiger partial charge in [0.25, 0.3) is 0 Å². The highest BCUT2D eigenvalue weighted by Crippen LogP contribution is 2.39. The van der Waals surface area contributed by atoms with Gasteiger partial charge in [0.05, 0.1) is 5.69 Å². The molecule has 1 aromatic rings. The Morgan fingerprint density at radius 3 is 2.60 bits per heavy atom. The molecule has 0 radical (unpaired) electrons. The molecule has 0 bridgehead atoms. The molecule has 114 valence electrons. The SMILES string of the molecule is CCn1nc(C)cc1CC1(CNC(C)C)CCCCC1. The summed E-state index contributed by atoms with van der Waals surface area (Å²) >= 11 is 0. The van der Waals surface area contributed by atoms with Gasteiger partial charge in [-0.05, 0) is 44.6 Å². The van der Waals surface area contributed by atoms with Gasteiger partial charge < -0.3 is 5.32 Å². The van der Waals surface area contributed by atoms with Crippen LogP contribution in [0.15, 0.2) is 6.07 Å². The van der Waals surface area contributed by atoms with E-state index in [-0.39, 0.29) is 0 Å². The molecule has 1 fully saturated rings. The van der Waals surface area contributed by atoms with E-state index in [0.29, 0.717) is 11.5 Å². The third-order valence-corrected chi connectivity index (χ3v) is 4.64. The number of nitrogens with one attached hydrogen (secondary N) is 1. The van der Waals surface area contributed by atoms with Gasteiger partial charge in [-0.3, -0.25) is 4.68 Å². The Kier molecular flexibility index (Phi) is 5.25. The highest BCUT2D eigenvalue weighted by atomic mass is 15.3. The lowest BCUT2D eigenvalue weighted by Crippen LogP contribution is -2.41. The first kappa shape index (κ1) is 15.6. The zero-order valence-electron chi connectivity index (χ0n) is 13.7. The highest BCUT2D eigenvalue weighted by molar-refractivity contribution is 5.12. The molecule has 1 aliphatic rings. The molecule has 1 aromatic heterocycles. The van der Waals surface area contributed by atoms with Crippen molar-refractivity contribution < 1.29 is 0 Å². The summed E-state index contributed by atoms with van der Waals surface area (Å²) < 4.78 is 2.20. The average Bonchev–Trinajstić information content (AvgIpc) is 2.77. The van der Waals surface area contributed by atoms with E-state index in [9.17, 15) is 0 Å². The smallest absolute Gasteiger partial charge is 0.0596 e. The van der Waals surface area contributed by atoms with Gasteiger partial charge in [0.1, 0.15) is 0 Å². The molecule has 0 atom stereocenters. The van der Waals surface area contributed by atoms with Crippen molar-refractivity contribution in [2.75, 3.05) is 6.54 Å². The van der Waals surface area contributed by atoms with Crippen LogP contribution in [-0.2, 0) is 13.0 Å². The van der Waals surface area contributed by atoms with Crippen LogP contribution in [0.4, 0.5) is 0 Å². The Bertz CT molecular complexity index is 414. The molecule has 0 aromatic carbocycles. The van der Waals surface area contributed by atoms with Crippen molar-refractivity contribution in [3.63, 3.8) is 0 Å². The van der Waals surface area contributed by atoms with Crippen LogP contribution in [0.5, 0.6) is 0 Å². The summed E-state index contributed by atoms with van der Waals surface area (Å²) in [7, 11) is 0. The quantitative estimate of drug-likeness (QED) is 0.859. The van der Waals surface area contributed by atoms with Gasteiger partial charge in [-0.2, -0.15) is 5.10 Å². The predicted octanol–water partition coefficient (Wildman–Crippen LogP) is 3.70. The van der Waals surface area contributed by atoms with Gasteiger partial charge in [-0.25, -0.2) is 0 Å². The summed E-state index contributed by atoms with van der Waals surface area (Å²) in [6, 6.07) is 2.86. The fourth-order valence-electron chi connectivity index (χ4n) is 3.54. The van der Waals surface area contributed by atoms with Crippen LogP contribution < -0.4 is 5.32 Å². The van der Waals surface area contributed by atoms with E-state index >= 15 is 0 Å². The third kappa shape index (κ3) is 3.85. The normalized spacial score (nSPS) is 18.6. The summed E-state index contributed by atoms with van der Waals surface area (Å²) in [5.74, 6) is 0. The molecule has 0 spiro atoms. The van der Waals surface area contributed by atoms with Gasteiger partial charge in [0.15, 0.2) is 0 Å². The lowest BCUT2D eigenvalue weighted by atomic mass is 9.71. The molecular weight excluding hydrogens is 246 g/mol. The highest BCUT2D eigenvalue weighted by Gasteiger charge is 2.33. The zero-order valence-corrected chi connectivity index (χ0v) is 13.7. The second-order valence-electron chi connectivity index (χ2n) is 6.87. The molecule has 1 N–H and O–H groups in total. The maximum absolute atomic E-state index is 4.62. The van der Waals surface area contributed by atoms with Crippen LogP contribution in [0, 0.1) is 12.3 Å². The molecule has 0 aliphatic heterocycles. The first-order valence-corrected chi connectivity index (χ1v) is 8.31. The van der Waals surface area contributed by atoms with E-state index < -0.39 is 0 Å². The molecule has 20 heavy (non-hydrogen) atoms. The van der Waals surface area contributed by atoms with E-state index in [0.717, 1.165) is 18.8 Å². The molecule has 1 heterocycles. The lowest BCUT2D eigenvalue weighted by molar-refractivity contribution is 0.172. The molecule has 0 amide bonds. The summed E-state index contributed by atoms with van der Waals surface area (Å²) in [5.41, 5.74) is 3.03. The fourth-order valence-corrected chi connectivity index (χ4v) is 3.54. The van der Waals surface area contributed by atoms with E-state index in [2.05, 4.69) is 48.9 Å². The number of aryl methyl sites for hydroxylation is 2. The Hall–Kier alpha value is -0.830. The van der Waals surface area contributed by atoms with Crippen molar-refractivity contribution in [1.82, 2.24) is 15.1 Å². The summed E-state index contributed by atoms with van der Waals surface area (Å²) in [6.45, 7) is 10.9. The maximum atomic E-state index is 4.62. The van der Waals surface area contributed by atoms with Crippen molar-refractivity contribution in [2.45, 2.75) is 78.8 Å². The zero-order chi connectivity index (χ0) is 14.6. The second kappa shape index (κ2) is 6.75. The van der Waals surface area contributed by atoms with Crippen molar-refractivity contribution in [1.29, 1.82) is 0 Å². The number of rotatable bonds is 6. The number of nitrogens with zero attached hydrogens (tertiary/aromatic N) is 2. The number of hydrogen-bond acceptors (Lipinski definition) is 2. The Morgan fingerprint density at radius 1 is 1.30 bits per heavy atom. The topological polar surface area (TPSA) is 29.9 Å². The Labute approximate surface area is 124 Å². The van der Waals surface area contributed by atoms with Gasteiger partial charge in [-0.1, -0.05) is 33.1 Å². The Balaban J connectivity index is 2.13. The van der Waals surface area contributed by atoms with E-state index in [4.69, 9.17) is 0 Å². The van der Waals surface area contributed by atoms with Gasteiger partial charge >= 0.3 is 0 Å². The molecule has 1 saturated carbocycles. The lowest BCUT2D eigenvalue weighted by Gasteiger charge is -2.38. The summed E-state index contributed by atoms with van der Waals surface area (Å²) in [4.78, 5) is 0.